The lowest BCUT2D eigenvalue weighted by molar-refractivity contribution is 0.667. The van der Waals surface area contributed by atoms with E-state index < -0.39 is 0 Å². The Hall–Kier alpha value is -5.21. The molecule has 1 aliphatic rings. The molecule has 0 aliphatic heterocycles. The molecule has 7 aromatic carbocycles. The van der Waals surface area contributed by atoms with E-state index in [2.05, 4.69) is 147 Å². The quantitative estimate of drug-likeness (QED) is 0.196. The number of hydrogen-bond donors (Lipinski definition) is 0. The Morgan fingerprint density at radius 2 is 1.23 bits per heavy atom. The van der Waals surface area contributed by atoms with Crippen LogP contribution in [0, 0.1) is 0 Å². The molecule has 0 fully saturated rings. The third kappa shape index (κ3) is 3.38. The molecule has 0 atom stereocenters. The molecule has 0 bridgehead atoms. The predicted octanol–water partition coefficient (Wildman–Crippen LogP) is 10.7. The maximum atomic E-state index is 4.95. The van der Waals surface area contributed by atoms with E-state index in [9.17, 15) is 0 Å². The summed E-state index contributed by atoms with van der Waals surface area (Å²) in [6.07, 6.45) is 0. The van der Waals surface area contributed by atoms with Crippen molar-refractivity contribution in [1.82, 2.24) is 9.55 Å². The Bertz CT molecular complexity index is 2440. The third-order valence-corrected chi connectivity index (χ3v) is 9.72. The van der Waals surface area contributed by atoms with Crippen LogP contribution in [-0.4, -0.2) is 9.55 Å². The summed E-state index contributed by atoms with van der Waals surface area (Å²) in [4.78, 5) is 4.95. The zero-order valence-corrected chi connectivity index (χ0v) is 24.5. The summed E-state index contributed by atoms with van der Waals surface area (Å²) in [5.74, 6) is 0.987. The normalized spacial score (nSPS) is 13.7. The van der Waals surface area contributed by atoms with Gasteiger partial charge in [-0.05, 0) is 102 Å². The highest BCUT2D eigenvalue weighted by atomic mass is 15.1. The summed E-state index contributed by atoms with van der Waals surface area (Å²) in [5, 5.41) is 7.92. The molecule has 1 aromatic heterocycles. The molecule has 0 saturated heterocycles. The number of aromatic nitrogens is 2. The third-order valence-electron chi connectivity index (χ3n) is 9.72. The SMILES string of the molecule is Cn1c(-c2cccc(-c3ccc4cc5c(cc4c3)C(C)(C)c3c-5c4ccccc4c4ccccc34)c2)nc2ccccc21. The van der Waals surface area contributed by atoms with Crippen LogP contribution in [0.1, 0.15) is 25.0 Å². The molecule has 1 heterocycles. The van der Waals surface area contributed by atoms with Gasteiger partial charge in [0.15, 0.2) is 0 Å². The number of rotatable bonds is 2. The van der Waals surface area contributed by atoms with Crippen LogP contribution in [-0.2, 0) is 12.5 Å². The van der Waals surface area contributed by atoms with E-state index in [0.717, 1.165) is 22.4 Å². The molecule has 2 nitrogen and oxygen atoms in total. The molecule has 1 aliphatic carbocycles. The van der Waals surface area contributed by atoms with Gasteiger partial charge in [-0.2, -0.15) is 0 Å². The molecule has 0 N–H and O–H groups in total. The zero-order chi connectivity index (χ0) is 28.9. The molecule has 0 saturated carbocycles. The number of hydrogen-bond acceptors (Lipinski definition) is 1. The highest BCUT2D eigenvalue weighted by Gasteiger charge is 2.38. The lowest BCUT2D eigenvalue weighted by Gasteiger charge is -2.24. The Morgan fingerprint density at radius 1 is 0.558 bits per heavy atom. The largest absolute Gasteiger partial charge is 0.327 e. The van der Waals surface area contributed by atoms with Gasteiger partial charge in [0, 0.05) is 18.0 Å². The van der Waals surface area contributed by atoms with Crippen LogP contribution in [0.3, 0.4) is 0 Å². The topological polar surface area (TPSA) is 17.8 Å². The first kappa shape index (κ1) is 24.4. The standard InChI is InChI=1S/C41H30N2/c1-41(2)35-24-29-22-26(25-11-10-12-28(21-25)40-42-36-17-8-9-18-37(36)43(40)3)19-20-27(29)23-34(35)38-32-15-6-4-13-30(32)31-14-5-7-16-33(31)39(38)41/h4-24H,1-3H3. The molecular formula is C41H30N2. The van der Waals surface area contributed by atoms with Gasteiger partial charge in [-0.15, -0.1) is 0 Å². The lowest BCUT2D eigenvalue weighted by atomic mass is 9.79. The van der Waals surface area contributed by atoms with Crippen LogP contribution in [0.15, 0.2) is 127 Å². The van der Waals surface area contributed by atoms with Crippen molar-refractivity contribution in [2.75, 3.05) is 0 Å². The number of fused-ring (bicyclic) bond motifs is 10. The van der Waals surface area contributed by atoms with Gasteiger partial charge in [-0.3, -0.25) is 0 Å². The van der Waals surface area contributed by atoms with Crippen molar-refractivity contribution in [3.05, 3.63) is 139 Å². The van der Waals surface area contributed by atoms with Gasteiger partial charge in [0.05, 0.1) is 11.0 Å². The van der Waals surface area contributed by atoms with Crippen LogP contribution in [0.25, 0.3) is 77.0 Å². The second kappa shape index (κ2) is 8.65. The van der Waals surface area contributed by atoms with Gasteiger partial charge in [-0.25, -0.2) is 4.98 Å². The highest BCUT2D eigenvalue weighted by molar-refractivity contribution is 6.19. The molecule has 0 radical (unpaired) electrons. The molecular weight excluding hydrogens is 520 g/mol. The molecule has 0 unspecified atom stereocenters. The number of aryl methyl sites for hydroxylation is 1. The minimum Gasteiger partial charge on any atom is -0.327 e. The molecule has 0 spiro atoms. The molecule has 0 amide bonds. The van der Waals surface area contributed by atoms with Crippen molar-refractivity contribution in [1.29, 1.82) is 0 Å². The van der Waals surface area contributed by atoms with Crippen molar-refractivity contribution < 1.29 is 0 Å². The second-order valence-electron chi connectivity index (χ2n) is 12.5. The predicted molar refractivity (Wildman–Crippen MR) is 182 cm³/mol. The fourth-order valence-electron chi connectivity index (χ4n) is 7.65. The summed E-state index contributed by atoms with van der Waals surface area (Å²) in [5.41, 5.74) is 11.2. The van der Waals surface area contributed by atoms with Crippen LogP contribution >= 0.6 is 0 Å². The lowest BCUT2D eigenvalue weighted by Crippen LogP contribution is -2.15. The summed E-state index contributed by atoms with van der Waals surface area (Å²) >= 11 is 0. The molecule has 204 valence electrons. The minimum atomic E-state index is -0.112. The van der Waals surface area contributed by atoms with E-state index in [1.807, 2.05) is 6.07 Å². The van der Waals surface area contributed by atoms with Crippen molar-refractivity contribution in [2.45, 2.75) is 19.3 Å². The van der Waals surface area contributed by atoms with Gasteiger partial charge < -0.3 is 4.57 Å². The van der Waals surface area contributed by atoms with Crippen molar-refractivity contribution in [3.63, 3.8) is 0 Å². The van der Waals surface area contributed by atoms with E-state index in [1.54, 1.807) is 0 Å². The fraction of sp³-hybridized carbons (Fsp3) is 0.0976. The van der Waals surface area contributed by atoms with Gasteiger partial charge >= 0.3 is 0 Å². The Morgan fingerprint density at radius 3 is 2.05 bits per heavy atom. The summed E-state index contributed by atoms with van der Waals surface area (Å²) in [6.45, 7) is 4.80. The van der Waals surface area contributed by atoms with Crippen molar-refractivity contribution >= 4 is 43.4 Å². The first-order chi connectivity index (χ1) is 21.0. The van der Waals surface area contributed by atoms with E-state index >= 15 is 0 Å². The Kier molecular flexibility index (Phi) is 4.91. The minimum absolute atomic E-state index is 0.112. The average Bonchev–Trinajstić information content (AvgIpc) is 3.50. The number of benzene rings is 7. The molecule has 8 aromatic rings. The van der Waals surface area contributed by atoms with Crippen LogP contribution < -0.4 is 0 Å². The first-order valence-corrected chi connectivity index (χ1v) is 15.0. The van der Waals surface area contributed by atoms with E-state index in [0.29, 0.717) is 0 Å². The molecule has 43 heavy (non-hydrogen) atoms. The summed E-state index contributed by atoms with van der Waals surface area (Å²) < 4.78 is 2.19. The van der Waals surface area contributed by atoms with E-state index in [4.69, 9.17) is 4.98 Å². The Balaban J connectivity index is 1.22. The average molecular weight is 551 g/mol. The number of para-hydroxylation sites is 2. The number of nitrogens with zero attached hydrogens (tertiary/aromatic N) is 2. The highest BCUT2D eigenvalue weighted by Crippen LogP contribution is 2.55. The van der Waals surface area contributed by atoms with Crippen molar-refractivity contribution in [3.8, 4) is 33.6 Å². The van der Waals surface area contributed by atoms with Crippen molar-refractivity contribution in [2.24, 2.45) is 7.05 Å². The Labute approximate surface area is 250 Å². The molecule has 2 heteroatoms. The first-order valence-electron chi connectivity index (χ1n) is 15.0. The van der Waals surface area contributed by atoms with Crippen LogP contribution in [0.5, 0.6) is 0 Å². The van der Waals surface area contributed by atoms with Gasteiger partial charge in [0.25, 0.3) is 0 Å². The molecule has 9 rings (SSSR count). The van der Waals surface area contributed by atoms with Gasteiger partial charge in [0.1, 0.15) is 5.82 Å². The van der Waals surface area contributed by atoms with Crippen LogP contribution in [0.2, 0.25) is 0 Å². The maximum Gasteiger partial charge on any atom is 0.140 e. The van der Waals surface area contributed by atoms with Gasteiger partial charge in [-0.1, -0.05) is 105 Å². The van der Waals surface area contributed by atoms with E-state index in [-0.39, 0.29) is 5.41 Å². The zero-order valence-electron chi connectivity index (χ0n) is 24.5. The fourth-order valence-corrected chi connectivity index (χ4v) is 7.65. The summed E-state index contributed by atoms with van der Waals surface area (Å²) in [6, 6.07) is 46.8. The second-order valence-corrected chi connectivity index (χ2v) is 12.5. The van der Waals surface area contributed by atoms with Crippen LogP contribution in [0.4, 0.5) is 0 Å². The number of imidazole rings is 1. The van der Waals surface area contributed by atoms with Gasteiger partial charge in [0.2, 0.25) is 0 Å². The van der Waals surface area contributed by atoms with E-state index in [1.165, 1.54) is 65.7 Å². The maximum absolute atomic E-state index is 4.95. The summed E-state index contributed by atoms with van der Waals surface area (Å²) in [7, 11) is 2.10. The monoisotopic (exact) mass is 550 g/mol. The smallest absolute Gasteiger partial charge is 0.140 e.